The number of hydrogen-bond donors (Lipinski definition) is 3. The average Bonchev–Trinajstić information content (AvgIpc) is 2.86. The highest BCUT2D eigenvalue weighted by molar-refractivity contribution is 7.97. The average molecular weight is 627 g/mol. The number of hydrogen-bond acceptors (Lipinski definition) is 7. The molecule has 10 nitrogen and oxygen atoms in total. The lowest BCUT2D eigenvalue weighted by molar-refractivity contribution is -0.113. The number of benzene rings is 3. The fourth-order valence-corrected chi connectivity index (χ4v) is 8.58. The molecule has 0 spiro atoms. The van der Waals surface area contributed by atoms with Gasteiger partial charge in [0, 0.05) is 10.6 Å². The lowest BCUT2D eigenvalue weighted by Crippen LogP contribution is -2.36. The van der Waals surface area contributed by atoms with Crippen LogP contribution in [0.3, 0.4) is 0 Å². The number of rotatable bonds is 13. The number of carbonyl (C=O) groups is 1. The van der Waals surface area contributed by atoms with Gasteiger partial charge < -0.3 is 0 Å². The predicted octanol–water partition coefficient (Wildman–Crippen LogP) is 5.10. The van der Waals surface area contributed by atoms with E-state index in [9.17, 15) is 43.7 Å². The van der Waals surface area contributed by atoms with E-state index in [1.165, 1.54) is 30.3 Å². The maximum absolute atomic E-state index is 13.5. The Kier molecular flexibility index (Phi) is 8.99. The molecule has 2 atom stereocenters. The predicted molar refractivity (Wildman–Crippen MR) is 156 cm³/mol. The Balaban J connectivity index is 2.24. The van der Waals surface area contributed by atoms with Gasteiger partial charge in [-0.05, 0) is 58.2 Å². The number of ketones is 1. The second-order valence-electron chi connectivity index (χ2n) is 10.7. The van der Waals surface area contributed by atoms with Crippen LogP contribution in [0.25, 0.3) is 26.5 Å². The van der Waals surface area contributed by atoms with E-state index in [0.29, 0.717) is 18.2 Å². The number of unbranched alkanes of at least 4 members (excludes halogenated alkanes) is 5. The van der Waals surface area contributed by atoms with Gasteiger partial charge in [0.15, 0.2) is 5.25 Å². The van der Waals surface area contributed by atoms with Crippen molar-refractivity contribution in [3.05, 3.63) is 46.7 Å². The van der Waals surface area contributed by atoms with Gasteiger partial charge in [-0.3, -0.25) is 18.5 Å². The summed E-state index contributed by atoms with van der Waals surface area (Å²) in [5, 5.41) is -2.12. The molecule has 0 radical (unpaired) electrons. The Bertz CT molecular complexity index is 1890. The molecular formula is C28H34O10S3. The summed E-state index contributed by atoms with van der Waals surface area (Å²) < 4.78 is 106. The van der Waals surface area contributed by atoms with Crippen molar-refractivity contribution >= 4 is 62.6 Å². The summed E-state index contributed by atoms with van der Waals surface area (Å²) in [6.07, 6.45) is 7.33. The Morgan fingerprint density at radius 3 is 1.95 bits per heavy atom. The Morgan fingerprint density at radius 1 is 0.756 bits per heavy atom. The largest absolute Gasteiger partial charge is 0.298 e. The van der Waals surface area contributed by atoms with Crippen LogP contribution in [0.5, 0.6) is 0 Å². The molecule has 1 aliphatic carbocycles. The van der Waals surface area contributed by atoms with Crippen LogP contribution in [0.1, 0.15) is 93.9 Å². The summed E-state index contributed by atoms with van der Waals surface area (Å²) in [6.45, 7) is 4.06. The van der Waals surface area contributed by atoms with Crippen LogP contribution in [-0.2, 0) is 35.1 Å². The van der Waals surface area contributed by atoms with Gasteiger partial charge in [0.05, 0.1) is 0 Å². The molecule has 3 aromatic carbocycles. The third-order valence-electron chi connectivity index (χ3n) is 7.86. The van der Waals surface area contributed by atoms with E-state index >= 15 is 0 Å². The molecular weight excluding hydrogens is 592 g/mol. The Morgan fingerprint density at radius 2 is 1.37 bits per heavy atom. The first-order chi connectivity index (χ1) is 19.1. The first kappa shape index (κ1) is 31.5. The smallest absolute Gasteiger partial charge is 0.291 e. The highest BCUT2D eigenvalue weighted by Crippen LogP contribution is 2.42. The normalized spacial score (nSPS) is 17.0. The quantitative estimate of drug-likeness (QED) is 0.171. The maximum atomic E-state index is 13.5. The van der Waals surface area contributed by atoms with Crippen molar-refractivity contribution in [1.82, 2.24) is 0 Å². The molecule has 0 bridgehead atoms. The molecule has 2 unspecified atom stereocenters. The van der Waals surface area contributed by atoms with E-state index in [-0.39, 0.29) is 38.4 Å². The molecule has 3 aromatic rings. The molecule has 0 heterocycles. The fraction of sp³-hybridized carbons (Fsp3) is 0.464. The van der Waals surface area contributed by atoms with Gasteiger partial charge in [-0.15, -0.1) is 0 Å². The lowest BCUT2D eigenvalue weighted by atomic mass is 9.81. The minimum Gasteiger partial charge on any atom is -0.291 e. The van der Waals surface area contributed by atoms with E-state index in [4.69, 9.17) is 0 Å². The van der Waals surface area contributed by atoms with Crippen LogP contribution >= 0.6 is 0 Å². The van der Waals surface area contributed by atoms with Crippen LogP contribution in [0.4, 0.5) is 0 Å². The standard InChI is InChI=1S/C28H34O10S3/c1-3-5-7-8-9-11-17(10-6-4-2)20-16-21-22(39(30,31)32)15-13-18-12-14-19-24(23(18)21)25(20)28(41(36,37)38)26(29)27(19)40(33,34)35/h12-17,27H,3-11H2,1-2H3,(H,30,31,32)(H,33,34,35)(H,36,37,38). The van der Waals surface area contributed by atoms with Gasteiger partial charge in [0.2, 0.25) is 5.78 Å². The summed E-state index contributed by atoms with van der Waals surface area (Å²) in [6, 6.07) is 6.71. The van der Waals surface area contributed by atoms with Gasteiger partial charge in [0.25, 0.3) is 30.4 Å². The highest BCUT2D eigenvalue weighted by atomic mass is 32.2. The monoisotopic (exact) mass is 626 g/mol. The summed E-state index contributed by atoms with van der Waals surface area (Å²) in [5.41, 5.74) is 0.0324. The molecule has 0 amide bonds. The van der Waals surface area contributed by atoms with Crippen molar-refractivity contribution in [2.75, 3.05) is 0 Å². The van der Waals surface area contributed by atoms with E-state index < -0.39 is 51.2 Å². The third kappa shape index (κ3) is 6.06. The molecule has 3 N–H and O–H groups in total. The third-order valence-corrected chi connectivity index (χ3v) is 10.8. The van der Waals surface area contributed by atoms with E-state index in [1.54, 1.807) is 0 Å². The van der Waals surface area contributed by atoms with Gasteiger partial charge in [-0.1, -0.05) is 77.0 Å². The van der Waals surface area contributed by atoms with Gasteiger partial charge in [-0.25, -0.2) is 0 Å². The van der Waals surface area contributed by atoms with Crippen molar-refractivity contribution in [3.8, 4) is 0 Å². The van der Waals surface area contributed by atoms with Crippen LogP contribution in [-0.4, -0.2) is 44.7 Å². The number of carbonyl (C=O) groups excluding carboxylic acids is 1. The summed E-state index contributed by atoms with van der Waals surface area (Å²) in [5.74, 6) is -1.88. The van der Waals surface area contributed by atoms with Gasteiger partial charge >= 0.3 is 0 Å². The van der Waals surface area contributed by atoms with Crippen molar-refractivity contribution in [3.63, 3.8) is 0 Å². The zero-order valence-corrected chi connectivity index (χ0v) is 25.3. The first-order valence-electron chi connectivity index (χ1n) is 13.6. The molecule has 0 aliphatic heterocycles. The van der Waals surface area contributed by atoms with E-state index in [2.05, 4.69) is 6.92 Å². The zero-order valence-electron chi connectivity index (χ0n) is 22.8. The fourth-order valence-electron chi connectivity index (χ4n) is 6.07. The number of Topliss-reactive ketones (excluding diaryl/α,β-unsaturated/α-hetero) is 1. The second-order valence-corrected chi connectivity index (χ2v) is 14.9. The van der Waals surface area contributed by atoms with Crippen molar-refractivity contribution < 1.29 is 43.7 Å². The van der Waals surface area contributed by atoms with Crippen LogP contribution in [0.15, 0.2) is 35.2 Å². The van der Waals surface area contributed by atoms with Crippen molar-refractivity contribution in [2.45, 2.75) is 87.7 Å². The molecule has 224 valence electrons. The van der Waals surface area contributed by atoms with E-state index in [1.807, 2.05) is 6.92 Å². The topological polar surface area (TPSA) is 180 Å². The molecule has 0 saturated carbocycles. The molecule has 41 heavy (non-hydrogen) atoms. The highest BCUT2D eigenvalue weighted by Gasteiger charge is 2.44. The zero-order chi connectivity index (χ0) is 30.3. The SMILES string of the molecule is CCCCCCCC(CCCC)c1cc2c(S(=O)(=O)O)ccc3ccc4c(c1=C(S(=O)(=O)O)C(=O)C4S(=O)(=O)O)c32. The summed E-state index contributed by atoms with van der Waals surface area (Å²) in [7, 11) is -15.3. The molecule has 1 aliphatic rings. The van der Waals surface area contributed by atoms with Crippen LogP contribution in [0.2, 0.25) is 0 Å². The van der Waals surface area contributed by atoms with Crippen LogP contribution < -0.4 is 5.22 Å². The van der Waals surface area contributed by atoms with Crippen LogP contribution in [0, 0.1) is 0 Å². The lowest BCUT2D eigenvalue weighted by Gasteiger charge is -2.27. The van der Waals surface area contributed by atoms with Gasteiger partial charge in [-0.2, -0.15) is 25.3 Å². The molecule has 13 heteroatoms. The van der Waals surface area contributed by atoms with Crippen molar-refractivity contribution in [1.29, 1.82) is 0 Å². The molecule has 4 rings (SSSR count). The summed E-state index contributed by atoms with van der Waals surface area (Å²) in [4.78, 5) is 11.9. The molecule has 0 fully saturated rings. The van der Waals surface area contributed by atoms with Crippen molar-refractivity contribution in [2.24, 2.45) is 0 Å². The second kappa shape index (κ2) is 11.7. The first-order valence-corrected chi connectivity index (χ1v) is 18.0. The molecule has 0 aromatic heterocycles. The maximum Gasteiger partial charge on any atom is 0.298 e. The molecule has 0 saturated heterocycles. The van der Waals surface area contributed by atoms with E-state index in [0.717, 1.165) is 44.9 Å². The summed E-state index contributed by atoms with van der Waals surface area (Å²) >= 11 is 0. The van der Waals surface area contributed by atoms with Gasteiger partial charge in [0.1, 0.15) is 9.80 Å². The minimum absolute atomic E-state index is 0.0196. The minimum atomic E-state index is -5.32. The Hall–Kier alpha value is -2.42. The Labute approximate surface area is 240 Å².